The molecule has 0 bridgehead atoms. The smallest absolute Gasteiger partial charge is 0.261 e. The highest BCUT2D eigenvalue weighted by Gasteiger charge is 2.20. The van der Waals surface area contributed by atoms with Crippen LogP contribution in [0.2, 0.25) is 0 Å². The molecule has 0 amide bonds. The highest BCUT2D eigenvalue weighted by Crippen LogP contribution is 2.34. The Morgan fingerprint density at radius 2 is 1.84 bits per heavy atom. The molecule has 3 aromatic heterocycles. The van der Waals surface area contributed by atoms with Gasteiger partial charge in [-0.3, -0.25) is 13.9 Å². The maximum atomic E-state index is 12.8. The highest BCUT2D eigenvalue weighted by atomic mass is 32.2. The zero-order valence-corrected chi connectivity index (χ0v) is 19.1. The van der Waals surface area contributed by atoms with E-state index in [-0.39, 0.29) is 5.56 Å². The Hall–Kier alpha value is -3.43. The van der Waals surface area contributed by atoms with Gasteiger partial charge in [0.1, 0.15) is 11.6 Å². The van der Waals surface area contributed by atoms with Crippen LogP contribution < -0.4 is 10.3 Å². The fourth-order valence-corrected chi connectivity index (χ4v) is 5.11. The van der Waals surface area contributed by atoms with Gasteiger partial charge >= 0.3 is 0 Å². The Kier molecular flexibility index (Phi) is 5.50. The van der Waals surface area contributed by atoms with E-state index in [0.29, 0.717) is 27.6 Å². The molecule has 32 heavy (non-hydrogen) atoms. The molecule has 0 fully saturated rings. The van der Waals surface area contributed by atoms with Gasteiger partial charge in [-0.05, 0) is 35.7 Å². The maximum Gasteiger partial charge on any atom is 0.261 e. The van der Waals surface area contributed by atoms with Crippen molar-refractivity contribution in [3.05, 3.63) is 82.2 Å². The minimum Gasteiger partial charge on any atom is -0.495 e. The van der Waals surface area contributed by atoms with E-state index >= 15 is 0 Å². The second kappa shape index (κ2) is 8.60. The molecule has 0 spiro atoms. The number of ether oxygens (including phenoxy) is 1. The molecule has 3 heterocycles. The first-order valence-corrected chi connectivity index (χ1v) is 11.7. The van der Waals surface area contributed by atoms with Crippen LogP contribution in [0.1, 0.15) is 5.82 Å². The molecule has 2 aromatic carbocycles. The van der Waals surface area contributed by atoms with Crippen molar-refractivity contribution in [2.75, 3.05) is 7.11 Å². The van der Waals surface area contributed by atoms with E-state index in [1.54, 1.807) is 36.1 Å². The van der Waals surface area contributed by atoms with Crippen LogP contribution in [0.15, 0.2) is 76.0 Å². The first-order valence-electron chi connectivity index (χ1n) is 9.87. The quantitative estimate of drug-likeness (QED) is 0.346. The summed E-state index contributed by atoms with van der Waals surface area (Å²) in [6.45, 7) is 0. The number of rotatable bonds is 6. The average molecular weight is 462 g/mol. The first kappa shape index (κ1) is 20.5. The van der Waals surface area contributed by atoms with Crippen LogP contribution in [0.3, 0.4) is 0 Å². The third-order valence-electron chi connectivity index (χ3n) is 5.11. The second-order valence-electron chi connectivity index (χ2n) is 6.99. The monoisotopic (exact) mass is 461 g/mol. The number of benzene rings is 2. The van der Waals surface area contributed by atoms with Crippen LogP contribution in [0, 0.1) is 0 Å². The third kappa shape index (κ3) is 3.59. The van der Waals surface area contributed by atoms with Crippen LogP contribution in [-0.4, -0.2) is 31.4 Å². The van der Waals surface area contributed by atoms with Gasteiger partial charge in [-0.25, -0.2) is 4.98 Å². The van der Waals surface area contributed by atoms with Crippen molar-refractivity contribution in [1.82, 2.24) is 24.3 Å². The second-order valence-corrected chi connectivity index (χ2v) is 8.88. The summed E-state index contributed by atoms with van der Waals surface area (Å²) in [6.07, 6.45) is 0. The van der Waals surface area contributed by atoms with Crippen molar-refractivity contribution in [2.45, 2.75) is 10.9 Å². The minimum absolute atomic E-state index is 0.0586. The number of thiophene rings is 1. The van der Waals surface area contributed by atoms with E-state index < -0.39 is 0 Å². The van der Waals surface area contributed by atoms with Crippen molar-refractivity contribution in [3.8, 4) is 22.1 Å². The molecule has 7 nitrogen and oxygen atoms in total. The van der Waals surface area contributed by atoms with Gasteiger partial charge in [0.25, 0.3) is 5.56 Å². The molecule has 0 saturated heterocycles. The van der Waals surface area contributed by atoms with E-state index in [9.17, 15) is 4.79 Å². The molecule has 160 valence electrons. The summed E-state index contributed by atoms with van der Waals surface area (Å²) < 4.78 is 9.19. The lowest BCUT2D eigenvalue weighted by Crippen LogP contribution is -2.22. The summed E-state index contributed by atoms with van der Waals surface area (Å²) in [5, 5.41) is 12.3. The molecular formula is C23H19N5O2S2. The molecule has 0 saturated carbocycles. The van der Waals surface area contributed by atoms with Gasteiger partial charge in [0, 0.05) is 7.05 Å². The number of fused-ring (bicyclic) bond motifs is 1. The molecular weight excluding hydrogens is 442 g/mol. The van der Waals surface area contributed by atoms with Crippen molar-refractivity contribution in [3.63, 3.8) is 0 Å². The standard InChI is InChI=1S/C23H19N5O2S2/c1-27-20(24-16-9-4-3-8-15(16)22(27)29)14-32-23-26-25-21(19-12-7-13-31-19)28(23)17-10-5-6-11-18(17)30-2/h3-13H,14H2,1-2H3. The summed E-state index contributed by atoms with van der Waals surface area (Å²) in [5.41, 5.74) is 1.49. The van der Waals surface area contributed by atoms with Crippen molar-refractivity contribution in [1.29, 1.82) is 0 Å². The van der Waals surface area contributed by atoms with Crippen molar-refractivity contribution < 1.29 is 4.74 Å². The van der Waals surface area contributed by atoms with Gasteiger partial charge in [0.2, 0.25) is 0 Å². The lowest BCUT2D eigenvalue weighted by atomic mass is 10.2. The van der Waals surface area contributed by atoms with Crippen molar-refractivity contribution >= 4 is 34.0 Å². The summed E-state index contributed by atoms with van der Waals surface area (Å²) in [7, 11) is 3.40. The van der Waals surface area contributed by atoms with Crippen molar-refractivity contribution in [2.24, 2.45) is 7.05 Å². The molecule has 0 aliphatic rings. The molecule has 5 aromatic rings. The van der Waals surface area contributed by atoms with Gasteiger partial charge in [-0.15, -0.1) is 21.5 Å². The number of hydrogen-bond donors (Lipinski definition) is 0. The zero-order chi connectivity index (χ0) is 22.1. The fraction of sp³-hybridized carbons (Fsp3) is 0.130. The Morgan fingerprint density at radius 3 is 2.66 bits per heavy atom. The van der Waals surface area contributed by atoms with Gasteiger partial charge in [-0.1, -0.05) is 42.1 Å². The fourth-order valence-electron chi connectivity index (χ4n) is 3.48. The molecule has 9 heteroatoms. The number of nitrogens with zero attached hydrogens (tertiary/aromatic N) is 5. The Labute approximate surface area is 192 Å². The molecule has 0 N–H and O–H groups in total. The molecule has 0 atom stereocenters. The average Bonchev–Trinajstić information content (AvgIpc) is 3.50. The first-order chi connectivity index (χ1) is 15.7. The SMILES string of the molecule is COc1ccccc1-n1c(SCc2nc3ccccc3c(=O)n2C)nnc1-c1cccs1. The van der Waals surface area contributed by atoms with E-state index in [1.807, 2.05) is 64.5 Å². The predicted octanol–water partition coefficient (Wildman–Crippen LogP) is 4.54. The lowest BCUT2D eigenvalue weighted by molar-refractivity contribution is 0.412. The molecule has 0 aliphatic heterocycles. The minimum atomic E-state index is -0.0586. The topological polar surface area (TPSA) is 74.8 Å². The third-order valence-corrected chi connectivity index (χ3v) is 6.90. The van der Waals surface area contributed by atoms with Crippen LogP contribution in [0.4, 0.5) is 0 Å². The van der Waals surface area contributed by atoms with Gasteiger partial charge < -0.3 is 4.74 Å². The molecule has 0 aliphatic carbocycles. The molecule has 0 radical (unpaired) electrons. The van der Waals surface area contributed by atoms with E-state index in [4.69, 9.17) is 9.72 Å². The van der Waals surface area contributed by atoms with Crippen LogP contribution >= 0.6 is 23.1 Å². The number of thioether (sulfide) groups is 1. The summed E-state index contributed by atoms with van der Waals surface area (Å²) in [4.78, 5) is 18.5. The van der Waals surface area contributed by atoms with E-state index in [1.165, 1.54) is 11.8 Å². The van der Waals surface area contributed by atoms with Crippen LogP contribution in [0.5, 0.6) is 5.75 Å². The number of aromatic nitrogens is 5. The highest BCUT2D eigenvalue weighted by molar-refractivity contribution is 7.98. The number of methoxy groups -OCH3 is 1. The number of para-hydroxylation sites is 3. The largest absolute Gasteiger partial charge is 0.495 e. The summed E-state index contributed by atoms with van der Waals surface area (Å²) in [5.74, 6) is 2.61. The Balaban J connectivity index is 1.57. The Bertz CT molecular complexity index is 1460. The predicted molar refractivity (Wildman–Crippen MR) is 128 cm³/mol. The number of hydrogen-bond acceptors (Lipinski definition) is 7. The molecule has 0 unspecified atom stereocenters. The normalized spacial score (nSPS) is 11.2. The van der Waals surface area contributed by atoms with Crippen LogP contribution in [-0.2, 0) is 12.8 Å². The Morgan fingerprint density at radius 1 is 1.03 bits per heavy atom. The van der Waals surface area contributed by atoms with E-state index in [0.717, 1.165) is 22.1 Å². The molecule has 5 rings (SSSR count). The van der Waals surface area contributed by atoms with Gasteiger partial charge in [-0.2, -0.15) is 0 Å². The zero-order valence-electron chi connectivity index (χ0n) is 17.4. The van der Waals surface area contributed by atoms with Gasteiger partial charge in [0.15, 0.2) is 11.0 Å². The maximum absolute atomic E-state index is 12.8. The lowest BCUT2D eigenvalue weighted by Gasteiger charge is -2.13. The summed E-state index contributed by atoms with van der Waals surface area (Å²) in [6, 6.07) is 19.2. The van der Waals surface area contributed by atoms with Crippen LogP contribution in [0.25, 0.3) is 27.3 Å². The van der Waals surface area contributed by atoms with E-state index in [2.05, 4.69) is 10.2 Å². The summed E-state index contributed by atoms with van der Waals surface area (Å²) >= 11 is 3.08. The van der Waals surface area contributed by atoms with Gasteiger partial charge in [0.05, 0.1) is 34.3 Å².